The minimum atomic E-state index is -1.14. The van der Waals surface area contributed by atoms with Gasteiger partial charge in [0.25, 0.3) is 5.91 Å². The molecule has 1 aromatic heterocycles. The second kappa shape index (κ2) is 8.95. The molecule has 0 aliphatic heterocycles. The SMILES string of the molecule is CSCCC(NC(=O)c1cc2cc(Cl)ccc2n1C)C(=O)NCC(=O)O. The summed E-state index contributed by atoms with van der Waals surface area (Å²) in [6.07, 6.45) is 2.29. The molecular formula is C17H20ClN3O4S. The Morgan fingerprint density at radius 2 is 2.04 bits per heavy atom. The van der Waals surface area contributed by atoms with Gasteiger partial charge in [0.05, 0.1) is 0 Å². The van der Waals surface area contributed by atoms with Gasteiger partial charge in [-0.2, -0.15) is 11.8 Å². The minimum Gasteiger partial charge on any atom is -0.480 e. The first-order valence-corrected chi connectivity index (χ1v) is 9.65. The number of amides is 2. The monoisotopic (exact) mass is 397 g/mol. The van der Waals surface area contributed by atoms with Crippen LogP contribution in [0.15, 0.2) is 24.3 Å². The molecule has 1 unspecified atom stereocenters. The number of carboxylic acid groups (broad SMARTS) is 1. The Kier molecular flexibility index (Phi) is 6.93. The number of aromatic nitrogens is 1. The summed E-state index contributed by atoms with van der Waals surface area (Å²) < 4.78 is 1.72. The third kappa shape index (κ3) is 4.92. The van der Waals surface area contributed by atoms with Crippen molar-refractivity contribution >= 4 is 52.0 Å². The van der Waals surface area contributed by atoms with Crippen LogP contribution in [0.5, 0.6) is 0 Å². The average molecular weight is 398 g/mol. The molecule has 1 heterocycles. The van der Waals surface area contributed by atoms with Crippen LogP contribution in [-0.4, -0.2) is 52.1 Å². The Morgan fingerprint density at radius 3 is 2.69 bits per heavy atom. The van der Waals surface area contributed by atoms with E-state index in [9.17, 15) is 14.4 Å². The molecule has 0 saturated heterocycles. The molecular weight excluding hydrogens is 378 g/mol. The van der Waals surface area contributed by atoms with Crippen LogP contribution >= 0.6 is 23.4 Å². The first-order valence-electron chi connectivity index (χ1n) is 7.87. The van der Waals surface area contributed by atoms with Gasteiger partial charge in [0.15, 0.2) is 0 Å². The second-order valence-corrected chi connectivity index (χ2v) is 7.13. The maximum Gasteiger partial charge on any atom is 0.322 e. The van der Waals surface area contributed by atoms with Crippen LogP contribution in [0, 0.1) is 0 Å². The number of halogens is 1. The Balaban J connectivity index is 2.19. The van der Waals surface area contributed by atoms with Gasteiger partial charge in [-0.05, 0) is 42.7 Å². The quantitative estimate of drug-likeness (QED) is 0.631. The van der Waals surface area contributed by atoms with Gasteiger partial charge in [0.1, 0.15) is 18.3 Å². The molecule has 26 heavy (non-hydrogen) atoms. The fraction of sp³-hybridized carbons (Fsp3) is 0.353. The Bertz CT molecular complexity index is 837. The number of hydrogen-bond donors (Lipinski definition) is 3. The van der Waals surface area contributed by atoms with Gasteiger partial charge in [0.2, 0.25) is 5.91 Å². The van der Waals surface area contributed by atoms with Crippen LogP contribution in [0.25, 0.3) is 10.9 Å². The third-order valence-corrected chi connectivity index (χ3v) is 4.76. The van der Waals surface area contributed by atoms with Gasteiger partial charge < -0.3 is 20.3 Å². The van der Waals surface area contributed by atoms with E-state index < -0.39 is 30.4 Å². The lowest BCUT2D eigenvalue weighted by molar-refractivity contribution is -0.138. The van der Waals surface area contributed by atoms with Crippen LogP contribution in [0.4, 0.5) is 0 Å². The van der Waals surface area contributed by atoms with E-state index in [1.54, 1.807) is 29.8 Å². The fourth-order valence-corrected chi connectivity index (χ4v) is 3.21. The van der Waals surface area contributed by atoms with Crippen LogP contribution in [0.3, 0.4) is 0 Å². The van der Waals surface area contributed by atoms with Crippen molar-refractivity contribution in [2.45, 2.75) is 12.5 Å². The number of benzene rings is 1. The molecule has 0 fully saturated rings. The van der Waals surface area contributed by atoms with Gasteiger partial charge in [-0.25, -0.2) is 0 Å². The number of hydrogen-bond acceptors (Lipinski definition) is 4. The number of nitrogens with zero attached hydrogens (tertiary/aromatic N) is 1. The maximum absolute atomic E-state index is 12.7. The first kappa shape index (κ1) is 20.1. The second-order valence-electron chi connectivity index (χ2n) is 5.71. The van der Waals surface area contributed by atoms with Crippen molar-refractivity contribution in [2.24, 2.45) is 7.05 Å². The summed E-state index contributed by atoms with van der Waals surface area (Å²) in [5, 5.41) is 15.1. The Morgan fingerprint density at radius 1 is 1.31 bits per heavy atom. The van der Waals surface area contributed by atoms with Crippen molar-refractivity contribution in [2.75, 3.05) is 18.6 Å². The average Bonchev–Trinajstić information content (AvgIpc) is 2.92. The lowest BCUT2D eigenvalue weighted by Gasteiger charge is -2.18. The highest BCUT2D eigenvalue weighted by molar-refractivity contribution is 7.98. The van der Waals surface area contributed by atoms with E-state index in [1.807, 2.05) is 12.3 Å². The molecule has 2 aromatic rings. The number of aliphatic carboxylic acids is 1. The number of carbonyl (C=O) groups is 3. The lowest BCUT2D eigenvalue weighted by Crippen LogP contribution is -2.48. The Hall–Kier alpha value is -2.19. The molecule has 2 rings (SSSR count). The maximum atomic E-state index is 12.7. The van der Waals surface area contributed by atoms with E-state index >= 15 is 0 Å². The molecule has 7 nitrogen and oxygen atoms in total. The molecule has 0 aliphatic rings. The van der Waals surface area contributed by atoms with Crippen LogP contribution < -0.4 is 10.6 Å². The van der Waals surface area contributed by atoms with Gasteiger partial charge in [-0.1, -0.05) is 11.6 Å². The van der Waals surface area contributed by atoms with Crippen LogP contribution in [-0.2, 0) is 16.6 Å². The van der Waals surface area contributed by atoms with E-state index in [2.05, 4.69) is 10.6 Å². The summed E-state index contributed by atoms with van der Waals surface area (Å²) in [5.41, 5.74) is 1.23. The van der Waals surface area contributed by atoms with Gasteiger partial charge in [-0.3, -0.25) is 14.4 Å². The number of thioether (sulfide) groups is 1. The van der Waals surface area contributed by atoms with Gasteiger partial charge in [0, 0.05) is 23.0 Å². The highest BCUT2D eigenvalue weighted by Gasteiger charge is 2.23. The number of aryl methyl sites for hydroxylation is 1. The molecule has 0 spiro atoms. The highest BCUT2D eigenvalue weighted by atomic mass is 35.5. The number of carbonyl (C=O) groups excluding carboxylic acids is 2. The zero-order valence-electron chi connectivity index (χ0n) is 14.4. The zero-order valence-corrected chi connectivity index (χ0v) is 16.0. The minimum absolute atomic E-state index is 0.391. The van der Waals surface area contributed by atoms with Crippen molar-refractivity contribution in [1.29, 1.82) is 0 Å². The summed E-state index contributed by atoms with van der Waals surface area (Å²) in [4.78, 5) is 35.5. The summed E-state index contributed by atoms with van der Waals surface area (Å²) in [5.74, 6) is -1.41. The summed E-state index contributed by atoms with van der Waals surface area (Å²) >= 11 is 7.53. The summed E-state index contributed by atoms with van der Waals surface area (Å²) in [7, 11) is 1.76. The van der Waals surface area contributed by atoms with E-state index in [1.165, 1.54) is 11.8 Å². The Labute approximate surface area is 160 Å². The van der Waals surface area contributed by atoms with Crippen LogP contribution in [0.2, 0.25) is 5.02 Å². The summed E-state index contributed by atoms with van der Waals surface area (Å²) in [6, 6.07) is 6.22. The largest absolute Gasteiger partial charge is 0.480 e. The standard InChI is InChI=1S/C17H20ClN3O4S/c1-21-13-4-3-11(18)7-10(13)8-14(21)17(25)20-12(5-6-26-2)16(24)19-9-15(22)23/h3-4,7-8,12H,5-6,9H2,1-2H3,(H,19,24)(H,20,25)(H,22,23). The molecule has 1 aromatic carbocycles. The topological polar surface area (TPSA) is 100 Å². The summed E-state index contributed by atoms with van der Waals surface area (Å²) in [6.45, 7) is -0.489. The van der Waals surface area contributed by atoms with E-state index in [-0.39, 0.29) is 0 Å². The van der Waals surface area contributed by atoms with E-state index in [4.69, 9.17) is 16.7 Å². The molecule has 3 N–H and O–H groups in total. The van der Waals surface area contributed by atoms with Crippen molar-refractivity contribution in [3.05, 3.63) is 35.0 Å². The van der Waals surface area contributed by atoms with Gasteiger partial charge >= 0.3 is 5.97 Å². The van der Waals surface area contributed by atoms with E-state index in [0.717, 1.165) is 10.9 Å². The number of fused-ring (bicyclic) bond motifs is 1. The molecule has 0 radical (unpaired) electrons. The molecule has 140 valence electrons. The van der Waals surface area contributed by atoms with E-state index in [0.29, 0.717) is 22.9 Å². The smallest absolute Gasteiger partial charge is 0.322 e. The number of nitrogens with one attached hydrogen (secondary N) is 2. The number of carboxylic acids is 1. The predicted molar refractivity (Wildman–Crippen MR) is 103 cm³/mol. The van der Waals surface area contributed by atoms with Crippen molar-refractivity contribution in [3.63, 3.8) is 0 Å². The molecule has 1 atom stereocenters. The normalized spacial score (nSPS) is 12.0. The molecule has 9 heteroatoms. The molecule has 0 bridgehead atoms. The highest BCUT2D eigenvalue weighted by Crippen LogP contribution is 2.22. The van der Waals surface area contributed by atoms with Gasteiger partial charge in [-0.15, -0.1) is 0 Å². The van der Waals surface area contributed by atoms with Crippen molar-refractivity contribution in [3.8, 4) is 0 Å². The lowest BCUT2D eigenvalue weighted by atomic mass is 10.2. The molecule has 0 saturated carbocycles. The van der Waals surface area contributed by atoms with Crippen molar-refractivity contribution < 1.29 is 19.5 Å². The third-order valence-electron chi connectivity index (χ3n) is 3.88. The fourth-order valence-electron chi connectivity index (χ4n) is 2.56. The molecule has 2 amide bonds. The predicted octanol–water partition coefficient (Wildman–Crippen LogP) is 1.88. The molecule has 0 aliphatic carbocycles. The first-order chi connectivity index (χ1) is 12.3. The van der Waals surface area contributed by atoms with Crippen molar-refractivity contribution in [1.82, 2.24) is 15.2 Å². The van der Waals surface area contributed by atoms with Crippen LogP contribution in [0.1, 0.15) is 16.9 Å². The number of rotatable bonds is 8. The zero-order chi connectivity index (χ0) is 19.3.